The molecule has 0 saturated carbocycles. The van der Waals surface area contributed by atoms with Crippen molar-refractivity contribution in [3.05, 3.63) is 28.2 Å². The van der Waals surface area contributed by atoms with E-state index in [-0.39, 0.29) is 17.2 Å². The second-order valence-corrected chi connectivity index (χ2v) is 5.30. The Kier molecular flexibility index (Phi) is 4.57. The molecular formula is C13H18BrNO2. The van der Waals surface area contributed by atoms with E-state index in [1.54, 1.807) is 12.1 Å². The number of nitrogens with one attached hydrogen (secondary N) is 1. The van der Waals surface area contributed by atoms with Gasteiger partial charge in [-0.25, -0.2) is 0 Å². The smallest absolute Gasteiger partial charge is 0.255 e. The molecule has 0 unspecified atom stereocenters. The minimum atomic E-state index is -0.241. The number of hydrogen-bond donors (Lipinski definition) is 2. The SMILES string of the molecule is CCC(C)(CC)NC(=O)c1cc(Br)ccc1O. The molecule has 0 aliphatic heterocycles. The fraction of sp³-hybridized carbons (Fsp3) is 0.462. The van der Waals surface area contributed by atoms with Gasteiger partial charge in [-0.3, -0.25) is 4.79 Å². The van der Waals surface area contributed by atoms with Crippen LogP contribution in [0.2, 0.25) is 0 Å². The van der Waals surface area contributed by atoms with Gasteiger partial charge in [0, 0.05) is 10.0 Å². The summed E-state index contributed by atoms with van der Waals surface area (Å²) in [6.45, 7) is 6.06. The summed E-state index contributed by atoms with van der Waals surface area (Å²) in [6.07, 6.45) is 1.70. The molecule has 0 atom stereocenters. The molecule has 0 radical (unpaired) electrons. The van der Waals surface area contributed by atoms with Crippen LogP contribution in [0.1, 0.15) is 44.0 Å². The molecule has 1 aromatic rings. The van der Waals surface area contributed by atoms with Crippen LogP contribution < -0.4 is 5.32 Å². The van der Waals surface area contributed by atoms with Gasteiger partial charge in [-0.1, -0.05) is 29.8 Å². The molecule has 0 spiro atoms. The summed E-state index contributed by atoms with van der Waals surface area (Å²) in [4.78, 5) is 12.1. The minimum absolute atomic E-state index is 0.000237. The molecule has 0 bridgehead atoms. The summed E-state index contributed by atoms with van der Waals surface area (Å²) >= 11 is 3.29. The highest BCUT2D eigenvalue weighted by Gasteiger charge is 2.23. The Labute approximate surface area is 110 Å². The van der Waals surface area contributed by atoms with Crippen LogP contribution in [0.25, 0.3) is 0 Å². The van der Waals surface area contributed by atoms with Gasteiger partial charge in [0.1, 0.15) is 5.75 Å². The average Bonchev–Trinajstić information content (AvgIpc) is 2.32. The third kappa shape index (κ3) is 3.46. The number of rotatable bonds is 4. The van der Waals surface area contributed by atoms with E-state index in [1.807, 2.05) is 20.8 Å². The molecule has 0 aliphatic carbocycles. The Morgan fingerprint density at radius 2 is 2.00 bits per heavy atom. The molecular weight excluding hydrogens is 282 g/mol. The summed E-state index contributed by atoms with van der Waals surface area (Å²) in [7, 11) is 0. The van der Waals surface area contributed by atoms with Crippen molar-refractivity contribution in [3.63, 3.8) is 0 Å². The molecule has 1 amide bonds. The zero-order valence-corrected chi connectivity index (χ0v) is 12.0. The third-order valence-corrected chi connectivity index (χ3v) is 3.67. The van der Waals surface area contributed by atoms with Crippen molar-refractivity contribution in [3.8, 4) is 5.75 Å². The Morgan fingerprint density at radius 1 is 1.41 bits per heavy atom. The zero-order valence-electron chi connectivity index (χ0n) is 10.4. The van der Waals surface area contributed by atoms with Crippen LogP contribution in [0.15, 0.2) is 22.7 Å². The maximum absolute atomic E-state index is 12.1. The first-order valence-corrected chi connectivity index (χ1v) is 6.52. The number of carbonyl (C=O) groups excluding carboxylic acids is 1. The molecule has 4 heteroatoms. The number of phenolic OH excluding ortho intramolecular Hbond substituents is 1. The third-order valence-electron chi connectivity index (χ3n) is 3.18. The van der Waals surface area contributed by atoms with Crippen LogP contribution in [0.3, 0.4) is 0 Å². The van der Waals surface area contributed by atoms with Crippen molar-refractivity contribution in [2.24, 2.45) is 0 Å². The number of aromatic hydroxyl groups is 1. The Hall–Kier alpha value is -1.03. The van der Waals surface area contributed by atoms with Crippen LogP contribution in [-0.2, 0) is 0 Å². The predicted molar refractivity (Wildman–Crippen MR) is 72.3 cm³/mol. The second kappa shape index (κ2) is 5.54. The molecule has 2 N–H and O–H groups in total. The second-order valence-electron chi connectivity index (χ2n) is 4.38. The lowest BCUT2D eigenvalue weighted by Crippen LogP contribution is -2.44. The van der Waals surface area contributed by atoms with Crippen LogP contribution in [0.5, 0.6) is 5.75 Å². The summed E-state index contributed by atoms with van der Waals surface area (Å²) < 4.78 is 0.773. The van der Waals surface area contributed by atoms with E-state index >= 15 is 0 Å². The number of hydrogen-bond acceptors (Lipinski definition) is 2. The molecule has 0 saturated heterocycles. The largest absolute Gasteiger partial charge is 0.507 e. The van der Waals surface area contributed by atoms with E-state index in [2.05, 4.69) is 21.2 Å². The fourth-order valence-electron chi connectivity index (χ4n) is 1.46. The van der Waals surface area contributed by atoms with Gasteiger partial charge in [0.05, 0.1) is 5.56 Å². The van der Waals surface area contributed by atoms with Gasteiger partial charge in [0.2, 0.25) is 0 Å². The van der Waals surface area contributed by atoms with Crippen molar-refractivity contribution in [2.45, 2.75) is 39.2 Å². The summed E-state index contributed by atoms with van der Waals surface area (Å²) in [5.74, 6) is -0.241. The molecule has 17 heavy (non-hydrogen) atoms. The molecule has 3 nitrogen and oxygen atoms in total. The highest BCUT2D eigenvalue weighted by Crippen LogP contribution is 2.23. The fourth-order valence-corrected chi connectivity index (χ4v) is 1.82. The molecule has 0 aliphatic rings. The lowest BCUT2D eigenvalue weighted by atomic mass is 9.95. The highest BCUT2D eigenvalue weighted by molar-refractivity contribution is 9.10. The summed E-state index contributed by atoms with van der Waals surface area (Å²) in [5, 5.41) is 12.6. The van der Waals surface area contributed by atoms with Gasteiger partial charge >= 0.3 is 0 Å². The summed E-state index contributed by atoms with van der Waals surface area (Å²) in [6, 6.07) is 4.83. The van der Waals surface area contributed by atoms with Crippen molar-refractivity contribution < 1.29 is 9.90 Å². The van der Waals surface area contributed by atoms with Crippen molar-refractivity contribution >= 4 is 21.8 Å². The van der Waals surface area contributed by atoms with E-state index < -0.39 is 0 Å². The topological polar surface area (TPSA) is 49.3 Å². The van der Waals surface area contributed by atoms with Crippen LogP contribution >= 0.6 is 15.9 Å². The Morgan fingerprint density at radius 3 is 2.53 bits per heavy atom. The van der Waals surface area contributed by atoms with Gasteiger partial charge in [0.15, 0.2) is 0 Å². The molecule has 94 valence electrons. The zero-order chi connectivity index (χ0) is 13.1. The van der Waals surface area contributed by atoms with Crippen LogP contribution in [0.4, 0.5) is 0 Å². The van der Waals surface area contributed by atoms with Gasteiger partial charge in [-0.05, 0) is 38.0 Å². The van der Waals surface area contributed by atoms with E-state index in [0.717, 1.165) is 17.3 Å². The van der Waals surface area contributed by atoms with E-state index in [4.69, 9.17) is 0 Å². The first-order valence-electron chi connectivity index (χ1n) is 5.73. The van der Waals surface area contributed by atoms with Crippen molar-refractivity contribution in [2.75, 3.05) is 0 Å². The van der Waals surface area contributed by atoms with Crippen molar-refractivity contribution in [1.29, 1.82) is 0 Å². The number of phenols is 1. The van der Waals surface area contributed by atoms with E-state index in [0.29, 0.717) is 5.56 Å². The molecule has 1 rings (SSSR count). The molecule has 1 aromatic carbocycles. The standard InChI is InChI=1S/C13H18BrNO2/c1-4-13(3,5-2)15-12(17)10-8-9(14)6-7-11(10)16/h6-8,16H,4-5H2,1-3H3,(H,15,17). The van der Waals surface area contributed by atoms with Gasteiger partial charge < -0.3 is 10.4 Å². The van der Waals surface area contributed by atoms with Gasteiger partial charge in [0.25, 0.3) is 5.91 Å². The van der Waals surface area contributed by atoms with Crippen LogP contribution in [0, 0.1) is 0 Å². The van der Waals surface area contributed by atoms with E-state index in [9.17, 15) is 9.90 Å². The first kappa shape index (κ1) is 14.0. The number of benzene rings is 1. The van der Waals surface area contributed by atoms with Gasteiger partial charge in [-0.15, -0.1) is 0 Å². The van der Waals surface area contributed by atoms with E-state index in [1.165, 1.54) is 6.07 Å². The minimum Gasteiger partial charge on any atom is -0.507 e. The maximum Gasteiger partial charge on any atom is 0.255 e. The molecule has 0 fully saturated rings. The maximum atomic E-state index is 12.1. The predicted octanol–water partition coefficient (Wildman–Crippen LogP) is 3.46. The highest BCUT2D eigenvalue weighted by atomic mass is 79.9. The lowest BCUT2D eigenvalue weighted by molar-refractivity contribution is 0.0898. The number of amides is 1. The Balaban J connectivity index is 2.94. The average molecular weight is 300 g/mol. The monoisotopic (exact) mass is 299 g/mol. The lowest BCUT2D eigenvalue weighted by Gasteiger charge is -2.28. The number of halogens is 1. The Bertz CT molecular complexity index is 414. The normalized spacial score (nSPS) is 11.3. The molecule has 0 heterocycles. The quantitative estimate of drug-likeness (QED) is 0.894. The summed E-state index contributed by atoms with van der Waals surface area (Å²) in [5.41, 5.74) is 0.0683. The van der Waals surface area contributed by atoms with Gasteiger partial charge in [-0.2, -0.15) is 0 Å². The van der Waals surface area contributed by atoms with Crippen LogP contribution in [-0.4, -0.2) is 16.6 Å². The van der Waals surface area contributed by atoms with Crippen molar-refractivity contribution in [1.82, 2.24) is 5.32 Å². The first-order chi connectivity index (χ1) is 7.91. The molecule has 0 aromatic heterocycles. The number of carbonyl (C=O) groups is 1.